The van der Waals surface area contributed by atoms with Gasteiger partial charge >= 0.3 is 0 Å². The first-order valence-corrected chi connectivity index (χ1v) is 7.97. The molecule has 0 aliphatic heterocycles. The summed E-state index contributed by atoms with van der Waals surface area (Å²) in [7, 11) is 0. The highest BCUT2D eigenvalue weighted by molar-refractivity contribution is 5.98. The van der Waals surface area contributed by atoms with E-state index in [2.05, 4.69) is 41.7 Å². The fourth-order valence-electron chi connectivity index (χ4n) is 3.71. The van der Waals surface area contributed by atoms with Crippen molar-refractivity contribution < 1.29 is 4.79 Å². The summed E-state index contributed by atoms with van der Waals surface area (Å²) < 4.78 is 0. The van der Waals surface area contributed by atoms with Crippen LogP contribution in [0, 0.1) is 0 Å². The van der Waals surface area contributed by atoms with Gasteiger partial charge in [0.15, 0.2) is 0 Å². The SMILES string of the molecule is NC1(C(=O)Nc2ccc3c(c2)Cc2ccccc2-3)CCCC1. The molecule has 2 aromatic rings. The summed E-state index contributed by atoms with van der Waals surface area (Å²) in [6, 6.07) is 14.7. The summed E-state index contributed by atoms with van der Waals surface area (Å²) in [5.74, 6) is -0.0412. The van der Waals surface area contributed by atoms with E-state index in [1.165, 1.54) is 22.3 Å². The minimum atomic E-state index is -0.679. The maximum Gasteiger partial charge on any atom is 0.244 e. The van der Waals surface area contributed by atoms with E-state index in [-0.39, 0.29) is 5.91 Å². The maximum atomic E-state index is 12.4. The molecule has 0 unspecified atom stereocenters. The average Bonchev–Trinajstić information content (AvgIpc) is 3.11. The van der Waals surface area contributed by atoms with Crippen LogP contribution >= 0.6 is 0 Å². The lowest BCUT2D eigenvalue weighted by atomic mass is 9.98. The zero-order valence-corrected chi connectivity index (χ0v) is 12.6. The van der Waals surface area contributed by atoms with Crippen molar-refractivity contribution in [2.45, 2.75) is 37.6 Å². The highest BCUT2D eigenvalue weighted by Crippen LogP contribution is 2.38. The third kappa shape index (κ3) is 2.13. The molecular formula is C19H20N2O. The molecule has 0 atom stereocenters. The Labute approximate surface area is 130 Å². The predicted octanol–water partition coefficient (Wildman–Crippen LogP) is 3.47. The van der Waals surface area contributed by atoms with Gasteiger partial charge in [0.1, 0.15) is 0 Å². The summed E-state index contributed by atoms with van der Waals surface area (Å²) in [4.78, 5) is 12.4. The van der Waals surface area contributed by atoms with Crippen molar-refractivity contribution in [2.75, 3.05) is 5.32 Å². The van der Waals surface area contributed by atoms with Gasteiger partial charge in [-0.2, -0.15) is 0 Å². The Bertz CT molecular complexity index is 745. The van der Waals surface area contributed by atoms with Crippen molar-refractivity contribution >= 4 is 11.6 Å². The second-order valence-corrected chi connectivity index (χ2v) is 6.52. The number of nitrogens with one attached hydrogen (secondary N) is 1. The second kappa shape index (κ2) is 4.96. The largest absolute Gasteiger partial charge is 0.324 e. The number of carbonyl (C=O) groups is 1. The summed E-state index contributed by atoms with van der Waals surface area (Å²) in [6.07, 6.45) is 4.60. The fraction of sp³-hybridized carbons (Fsp3) is 0.316. The normalized spacial score (nSPS) is 17.9. The van der Waals surface area contributed by atoms with Crippen LogP contribution < -0.4 is 11.1 Å². The zero-order chi connectivity index (χ0) is 15.2. The highest BCUT2D eigenvalue weighted by atomic mass is 16.2. The van der Waals surface area contributed by atoms with E-state index in [1.54, 1.807) is 0 Å². The first-order chi connectivity index (χ1) is 10.7. The molecule has 0 heterocycles. The van der Waals surface area contributed by atoms with E-state index in [4.69, 9.17) is 5.73 Å². The van der Waals surface area contributed by atoms with E-state index in [0.29, 0.717) is 0 Å². The molecular weight excluding hydrogens is 272 g/mol. The lowest BCUT2D eigenvalue weighted by Gasteiger charge is -2.22. The van der Waals surface area contributed by atoms with Gasteiger partial charge in [-0.3, -0.25) is 4.79 Å². The summed E-state index contributed by atoms with van der Waals surface area (Å²) in [5, 5.41) is 3.02. The van der Waals surface area contributed by atoms with E-state index < -0.39 is 5.54 Å². The molecule has 2 aliphatic rings. The van der Waals surface area contributed by atoms with Gasteiger partial charge in [0.2, 0.25) is 5.91 Å². The van der Waals surface area contributed by atoms with E-state index >= 15 is 0 Å². The Balaban J connectivity index is 1.58. The van der Waals surface area contributed by atoms with Crippen LogP contribution in [0.15, 0.2) is 42.5 Å². The van der Waals surface area contributed by atoms with Crippen LogP contribution in [0.3, 0.4) is 0 Å². The van der Waals surface area contributed by atoms with Crippen LogP contribution in [-0.2, 0) is 11.2 Å². The van der Waals surface area contributed by atoms with Crippen LogP contribution in [0.1, 0.15) is 36.8 Å². The molecule has 1 amide bonds. The fourth-order valence-corrected chi connectivity index (χ4v) is 3.71. The first kappa shape index (κ1) is 13.5. The number of carbonyl (C=O) groups excluding carboxylic acids is 1. The van der Waals surface area contributed by atoms with Crippen molar-refractivity contribution in [3.63, 3.8) is 0 Å². The van der Waals surface area contributed by atoms with Gasteiger partial charge in [-0.15, -0.1) is 0 Å². The van der Waals surface area contributed by atoms with Crippen molar-refractivity contribution in [1.82, 2.24) is 0 Å². The van der Waals surface area contributed by atoms with Gasteiger partial charge in [-0.1, -0.05) is 43.2 Å². The number of nitrogens with two attached hydrogens (primary N) is 1. The third-order valence-electron chi connectivity index (χ3n) is 5.00. The summed E-state index contributed by atoms with van der Waals surface area (Å²) >= 11 is 0. The number of hydrogen-bond acceptors (Lipinski definition) is 2. The monoisotopic (exact) mass is 292 g/mol. The van der Waals surface area contributed by atoms with E-state index in [1.807, 2.05) is 6.07 Å². The topological polar surface area (TPSA) is 55.1 Å². The third-order valence-corrected chi connectivity index (χ3v) is 5.00. The number of anilines is 1. The van der Waals surface area contributed by atoms with Crippen molar-refractivity contribution in [1.29, 1.82) is 0 Å². The minimum Gasteiger partial charge on any atom is -0.324 e. The van der Waals surface area contributed by atoms with Crippen LogP contribution in [0.5, 0.6) is 0 Å². The van der Waals surface area contributed by atoms with Gasteiger partial charge < -0.3 is 11.1 Å². The summed E-state index contributed by atoms with van der Waals surface area (Å²) in [6.45, 7) is 0. The molecule has 0 bridgehead atoms. The Morgan fingerprint density at radius 1 is 1.00 bits per heavy atom. The van der Waals surface area contributed by atoms with Gasteiger partial charge in [0, 0.05) is 5.69 Å². The molecule has 0 radical (unpaired) electrons. The molecule has 3 nitrogen and oxygen atoms in total. The minimum absolute atomic E-state index is 0.0412. The maximum absolute atomic E-state index is 12.4. The number of rotatable bonds is 2. The lowest BCUT2D eigenvalue weighted by molar-refractivity contribution is -0.121. The molecule has 0 aromatic heterocycles. The smallest absolute Gasteiger partial charge is 0.244 e. The van der Waals surface area contributed by atoms with Crippen LogP contribution in [-0.4, -0.2) is 11.4 Å². The number of amides is 1. The highest BCUT2D eigenvalue weighted by Gasteiger charge is 2.37. The first-order valence-electron chi connectivity index (χ1n) is 7.97. The Morgan fingerprint density at radius 3 is 2.55 bits per heavy atom. The zero-order valence-electron chi connectivity index (χ0n) is 12.6. The van der Waals surface area contributed by atoms with Gasteiger partial charge in [-0.05, 0) is 53.6 Å². The lowest BCUT2D eigenvalue weighted by Crippen LogP contribution is -2.48. The second-order valence-electron chi connectivity index (χ2n) is 6.52. The van der Waals surface area contributed by atoms with Crippen LogP contribution in [0.25, 0.3) is 11.1 Å². The molecule has 1 saturated carbocycles. The molecule has 3 heteroatoms. The molecule has 22 heavy (non-hydrogen) atoms. The van der Waals surface area contributed by atoms with E-state index in [9.17, 15) is 4.79 Å². The molecule has 0 spiro atoms. The molecule has 1 fully saturated rings. The molecule has 2 aromatic carbocycles. The predicted molar refractivity (Wildman–Crippen MR) is 88.7 cm³/mol. The van der Waals surface area contributed by atoms with Gasteiger partial charge in [-0.25, -0.2) is 0 Å². The Hall–Kier alpha value is -2.13. The average molecular weight is 292 g/mol. The Kier molecular flexibility index (Phi) is 3.05. The van der Waals surface area contributed by atoms with Crippen molar-refractivity contribution in [2.24, 2.45) is 5.73 Å². The van der Waals surface area contributed by atoms with Crippen molar-refractivity contribution in [3.05, 3.63) is 53.6 Å². The molecule has 0 saturated heterocycles. The number of hydrogen-bond donors (Lipinski definition) is 2. The molecule has 112 valence electrons. The molecule has 4 rings (SSSR count). The number of fused-ring (bicyclic) bond motifs is 3. The Morgan fingerprint density at radius 2 is 1.73 bits per heavy atom. The van der Waals surface area contributed by atoms with E-state index in [0.717, 1.165) is 37.8 Å². The van der Waals surface area contributed by atoms with Gasteiger partial charge in [0.05, 0.1) is 5.54 Å². The molecule has 3 N–H and O–H groups in total. The quantitative estimate of drug-likeness (QED) is 0.760. The van der Waals surface area contributed by atoms with Gasteiger partial charge in [0.25, 0.3) is 0 Å². The standard InChI is InChI=1S/C19H20N2O/c20-19(9-3-4-10-19)18(22)21-15-7-8-17-14(12-15)11-13-5-1-2-6-16(13)17/h1-2,5-8,12H,3-4,9-11,20H2,(H,21,22). The van der Waals surface area contributed by atoms with Crippen LogP contribution in [0.4, 0.5) is 5.69 Å². The number of benzene rings is 2. The summed E-state index contributed by atoms with van der Waals surface area (Å²) in [5.41, 5.74) is 11.6. The van der Waals surface area contributed by atoms with Crippen molar-refractivity contribution in [3.8, 4) is 11.1 Å². The van der Waals surface area contributed by atoms with Crippen LogP contribution in [0.2, 0.25) is 0 Å². The molecule has 2 aliphatic carbocycles.